The number of nitrogens with one attached hydrogen (secondary N) is 1. The summed E-state index contributed by atoms with van der Waals surface area (Å²) in [4.78, 5) is 11.6. The average molecular weight is 419 g/mol. The van der Waals surface area contributed by atoms with Gasteiger partial charge >= 0.3 is 5.97 Å². The van der Waals surface area contributed by atoms with E-state index in [1.807, 2.05) is 0 Å². The molecule has 0 unspecified atom stereocenters. The number of hydrogen-bond acceptors (Lipinski definition) is 5. The first-order valence-corrected chi connectivity index (χ1v) is 10.5. The Labute approximate surface area is 163 Å². The Kier molecular flexibility index (Phi) is 4.52. The molecule has 0 aliphatic heterocycles. The van der Waals surface area contributed by atoms with Crippen molar-refractivity contribution in [3.63, 3.8) is 0 Å². The molecule has 0 fully saturated rings. The number of carboxylic acid groups (broad SMARTS) is 1. The summed E-state index contributed by atoms with van der Waals surface area (Å²) < 4.78 is 41.3. The number of carbonyl (C=O) groups is 1. The quantitative estimate of drug-likeness (QED) is 0.498. The molecule has 7 nitrogen and oxygen atoms in total. The van der Waals surface area contributed by atoms with Crippen molar-refractivity contribution >= 4 is 38.2 Å². The number of aliphatic carboxylic acids is 1. The molecule has 1 aromatic carbocycles. The number of H-pyrrole nitrogens is 1. The van der Waals surface area contributed by atoms with Gasteiger partial charge in [-0.15, -0.1) is 11.3 Å². The second-order valence-corrected chi connectivity index (χ2v) is 9.24. The normalized spacial score (nSPS) is 11.9. The standard InChI is InChI=1S/C18H14FN3O4S2/c19-13-2-3-15-14(7-13)11(1-5-17(23)24)10-22(15)28(25,26)18-6-4-16(27-18)12-8-20-21-9-12/h2-4,6-10H,1,5H2,(H,20,21)(H,23,24). The Bertz CT molecular complexity index is 1270. The maximum absolute atomic E-state index is 13.7. The average Bonchev–Trinajstić information content (AvgIpc) is 3.38. The van der Waals surface area contributed by atoms with Crippen molar-refractivity contribution in [1.82, 2.24) is 14.2 Å². The van der Waals surface area contributed by atoms with Gasteiger partial charge in [0.1, 0.15) is 10.0 Å². The molecule has 3 aromatic heterocycles. The third-order valence-corrected chi connectivity index (χ3v) is 7.58. The van der Waals surface area contributed by atoms with Crippen LogP contribution in [0.2, 0.25) is 0 Å². The van der Waals surface area contributed by atoms with E-state index in [0.29, 0.717) is 16.5 Å². The summed E-state index contributed by atoms with van der Waals surface area (Å²) >= 11 is 1.09. The zero-order chi connectivity index (χ0) is 19.9. The van der Waals surface area contributed by atoms with Gasteiger partial charge in [-0.1, -0.05) is 0 Å². The van der Waals surface area contributed by atoms with Gasteiger partial charge in [0, 0.05) is 34.6 Å². The number of aromatic amines is 1. The van der Waals surface area contributed by atoms with Gasteiger partial charge in [0.2, 0.25) is 0 Å². The number of nitrogens with zero attached hydrogens (tertiary/aromatic N) is 2. The predicted octanol–water partition coefficient (Wildman–Crippen LogP) is 3.49. The SMILES string of the molecule is O=C(O)CCc1cn(S(=O)(=O)c2ccc(-c3cn[nH]c3)s2)c2ccc(F)cc12. The smallest absolute Gasteiger partial charge is 0.303 e. The second-order valence-electron chi connectivity index (χ2n) is 6.12. The lowest BCUT2D eigenvalue weighted by atomic mass is 10.1. The van der Waals surface area contributed by atoms with E-state index in [9.17, 15) is 17.6 Å². The van der Waals surface area contributed by atoms with E-state index in [2.05, 4.69) is 10.2 Å². The third-order valence-electron chi connectivity index (χ3n) is 4.30. The molecule has 28 heavy (non-hydrogen) atoms. The van der Waals surface area contributed by atoms with E-state index in [1.54, 1.807) is 18.5 Å². The molecular weight excluding hydrogens is 405 g/mol. The van der Waals surface area contributed by atoms with Crippen molar-refractivity contribution in [2.24, 2.45) is 0 Å². The fourth-order valence-electron chi connectivity index (χ4n) is 2.97. The number of aromatic nitrogens is 3. The Morgan fingerprint density at radius 1 is 1.29 bits per heavy atom. The number of thiophene rings is 1. The maximum atomic E-state index is 13.7. The second kappa shape index (κ2) is 6.88. The molecule has 10 heteroatoms. The summed E-state index contributed by atoms with van der Waals surface area (Å²) in [6.45, 7) is 0. The van der Waals surface area contributed by atoms with Crippen LogP contribution in [-0.2, 0) is 21.2 Å². The third kappa shape index (κ3) is 3.20. The summed E-state index contributed by atoms with van der Waals surface area (Å²) in [5.41, 5.74) is 1.54. The molecule has 0 aliphatic rings. The van der Waals surface area contributed by atoms with Gasteiger partial charge in [-0.05, 0) is 42.3 Å². The molecule has 2 N–H and O–H groups in total. The highest BCUT2D eigenvalue weighted by Gasteiger charge is 2.24. The Hall–Kier alpha value is -2.98. The highest BCUT2D eigenvalue weighted by molar-refractivity contribution is 7.92. The molecule has 3 heterocycles. The predicted molar refractivity (Wildman–Crippen MR) is 102 cm³/mol. The molecule has 0 aliphatic carbocycles. The molecule has 0 spiro atoms. The lowest BCUT2D eigenvalue weighted by Crippen LogP contribution is -2.10. The zero-order valence-electron chi connectivity index (χ0n) is 14.3. The number of hydrogen-bond donors (Lipinski definition) is 2. The maximum Gasteiger partial charge on any atom is 0.303 e. The van der Waals surface area contributed by atoms with Gasteiger partial charge in [-0.2, -0.15) is 13.5 Å². The molecule has 4 aromatic rings. The van der Waals surface area contributed by atoms with Crippen LogP contribution in [0, 0.1) is 5.82 Å². The number of halogens is 1. The number of rotatable bonds is 6. The minimum atomic E-state index is -3.93. The number of fused-ring (bicyclic) bond motifs is 1. The molecule has 4 rings (SSSR count). The summed E-state index contributed by atoms with van der Waals surface area (Å²) in [7, 11) is -3.93. The van der Waals surface area contributed by atoms with Crippen LogP contribution in [0.4, 0.5) is 4.39 Å². The number of aryl methyl sites for hydroxylation is 1. The van der Waals surface area contributed by atoms with E-state index >= 15 is 0 Å². The summed E-state index contributed by atoms with van der Waals surface area (Å²) in [6, 6.07) is 7.00. The first-order valence-electron chi connectivity index (χ1n) is 8.22. The highest BCUT2D eigenvalue weighted by atomic mass is 32.2. The van der Waals surface area contributed by atoms with Crippen molar-refractivity contribution in [1.29, 1.82) is 0 Å². The fraction of sp³-hybridized carbons (Fsp3) is 0.111. The first kappa shape index (κ1) is 18.4. The van der Waals surface area contributed by atoms with E-state index in [1.165, 1.54) is 30.5 Å². The molecule has 0 bridgehead atoms. The molecule has 0 saturated carbocycles. The van der Waals surface area contributed by atoms with Crippen molar-refractivity contribution in [2.75, 3.05) is 0 Å². The van der Waals surface area contributed by atoms with E-state index in [4.69, 9.17) is 5.11 Å². The van der Waals surface area contributed by atoms with Crippen molar-refractivity contribution in [3.05, 3.63) is 60.3 Å². The zero-order valence-corrected chi connectivity index (χ0v) is 15.9. The molecule has 0 radical (unpaired) electrons. The Morgan fingerprint density at radius 3 is 2.82 bits per heavy atom. The minimum Gasteiger partial charge on any atom is -0.481 e. The minimum absolute atomic E-state index is 0.0997. The Morgan fingerprint density at radius 2 is 2.11 bits per heavy atom. The van der Waals surface area contributed by atoms with Crippen LogP contribution in [0.1, 0.15) is 12.0 Å². The van der Waals surface area contributed by atoms with E-state index in [-0.39, 0.29) is 17.1 Å². The van der Waals surface area contributed by atoms with Gasteiger partial charge in [0.05, 0.1) is 11.7 Å². The molecule has 144 valence electrons. The van der Waals surface area contributed by atoms with Crippen LogP contribution in [0.3, 0.4) is 0 Å². The molecule has 0 amide bonds. The van der Waals surface area contributed by atoms with Crippen LogP contribution in [-0.4, -0.2) is 33.7 Å². The summed E-state index contributed by atoms with van der Waals surface area (Å²) in [5, 5.41) is 15.9. The largest absolute Gasteiger partial charge is 0.481 e. The van der Waals surface area contributed by atoms with Crippen LogP contribution < -0.4 is 0 Å². The van der Waals surface area contributed by atoms with Gasteiger partial charge in [0.25, 0.3) is 10.0 Å². The molecular formula is C18H14FN3O4S2. The van der Waals surface area contributed by atoms with Crippen LogP contribution >= 0.6 is 11.3 Å². The Balaban J connectivity index is 1.82. The van der Waals surface area contributed by atoms with Crippen molar-refractivity contribution in [2.45, 2.75) is 17.1 Å². The van der Waals surface area contributed by atoms with Crippen molar-refractivity contribution in [3.8, 4) is 10.4 Å². The van der Waals surface area contributed by atoms with Crippen LogP contribution in [0.5, 0.6) is 0 Å². The van der Waals surface area contributed by atoms with Gasteiger partial charge in [-0.3, -0.25) is 9.89 Å². The first-order chi connectivity index (χ1) is 13.4. The van der Waals surface area contributed by atoms with Crippen LogP contribution in [0.25, 0.3) is 21.3 Å². The van der Waals surface area contributed by atoms with Gasteiger partial charge < -0.3 is 5.11 Å². The fourth-order valence-corrected chi connectivity index (χ4v) is 5.74. The summed E-state index contributed by atoms with van der Waals surface area (Å²) in [5.74, 6) is -1.53. The van der Waals surface area contributed by atoms with Crippen LogP contribution in [0.15, 0.2) is 53.1 Å². The number of carboxylic acids is 1. The monoisotopic (exact) mass is 419 g/mol. The molecule has 0 atom stereocenters. The molecule has 0 saturated heterocycles. The number of benzene rings is 1. The van der Waals surface area contributed by atoms with E-state index in [0.717, 1.165) is 25.7 Å². The van der Waals surface area contributed by atoms with Gasteiger partial charge in [0.15, 0.2) is 0 Å². The lowest BCUT2D eigenvalue weighted by molar-refractivity contribution is -0.136. The highest BCUT2D eigenvalue weighted by Crippen LogP contribution is 2.34. The summed E-state index contributed by atoms with van der Waals surface area (Å²) in [6.07, 6.45) is 4.56. The van der Waals surface area contributed by atoms with Crippen molar-refractivity contribution < 1.29 is 22.7 Å². The topological polar surface area (TPSA) is 105 Å². The van der Waals surface area contributed by atoms with Gasteiger partial charge in [-0.25, -0.2) is 8.36 Å². The lowest BCUT2D eigenvalue weighted by Gasteiger charge is -2.05. The van der Waals surface area contributed by atoms with E-state index < -0.39 is 21.8 Å².